The van der Waals surface area contributed by atoms with Crippen molar-refractivity contribution in [2.24, 2.45) is 34.5 Å². The van der Waals surface area contributed by atoms with Crippen molar-refractivity contribution in [3.63, 3.8) is 0 Å². The predicted octanol–water partition coefficient (Wildman–Crippen LogP) is 3.40. The highest BCUT2D eigenvalue weighted by Crippen LogP contribution is 2.70. The maximum Gasteiger partial charge on any atom is 0.331 e. The van der Waals surface area contributed by atoms with Crippen molar-refractivity contribution in [3.8, 4) is 0 Å². The zero-order valence-electron chi connectivity index (χ0n) is 23.2. The summed E-state index contributed by atoms with van der Waals surface area (Å²) in [6.07, 6.45) is 9.65. The van der Waals surface area contributed by atoms with Crippen LogP contribution in [0.15, 0.2) is 11.6 Å². The van der Waals surface area contributed by atoms with E-state index < -0.39 is 17.1 Å². The average molecular weight is 515 g/mol. The molecular weight excluding hydrogens is 468 g/mol. The molecule has 4 saturated carbocycles. The second kappa shape index (κ2) is 9.06. The molecule has 0 aromatic carbocycles. The second-order valence-corrected chi connectivity index (χ2v) is 13.8. The van der Waals surface area contributed by atoms with Gasteiger partial charge in [0.15, 0.2) is 0 Å². The number of nitrogens with zero attached hydrogens (tertiary/aromatic N) is 2. The summed E-state index contributed by atoms with van der Waals surface area (Å²) in [6, 6.07) is 0.705. The van der Waals surface area contributed by atoms with Gasteiger partial charge < -0.3 is 19.5 Å². The summed E-state index contributed by atoms with van der Waals surface area (Å²) in [6.45, 7) is 11.1. The third kappa shape index (κ3) is 3.93. The Morgan fingerprint density at radius 2 is 1.84 bits per heavy atom. The van der Waals surface area contributed by atoms with Crippen molar-refractivity contribution in [3.05, 3.63) is 11.6 Å². The standard InChI is InChI=1S/C30H46N2O5/c1-19(33)37-25-17-30(35)24-6-5-21-16-22(32-13-11-31(4)12-14-32)7-9-28(21,2)23(24)8-10-29(30,3)27(25)20-15-26(34)36-18-20/h15,21-25,27,35H,5-14,16-18H2,1-4H3/t21-,22+,23+,24-,25+,27+,28+,29-,30+/m1/s1. The lowest BCUT2D eigenvalue weighted by atomic mass is 9.43. The molecule has 0 aromatic heterocycles. The number of hydrogen-bond donors (Lipinski definition) is 1. The van der Waals surface area contributed by atoms with Gasteiger partial charge in [0.25, 0.3) is 0 Å². The molecule has 1 saturated heterocycles. The van der Waals surface area contributed by atoms with E-state index in [1.165, 1.54) is 58.8 Å². The molecule has 6 rings (SSSR count). The van der Waals surface area contributed by atoms with Crippen LogP contribution in [0.1, 0.15) is 72.1 Å². The summed E-state index contributed by atoms with van der Waals surface area (Å²) in [5, 5.41) is 12.7. The molecule has 0 radical (unpaired) electrons. The van der Waals surface area contributed by atoms with Gasteiger partial charge >= 0.3 is 11.9 Å². The molecule has 0 unspecified atom stereocenters. The zero-order chi connectivity index (χ0) is 26.2. The van der Waals surface area contributed by atoms with Crippen molar-refractivity contribution in [1.82, 2.24) is 9.80 Å². The normalized spacial score (nSPS) is 48.5. The van der Waals surface area contributed by atoms with Gasteiger partial charge in [0.1, 0.15) is 12.7 Å². The quantitative estimate of drug-likeness (QED) is 0.579. The van der Waals surface area contributed by atoms with Crippen LogP contribution in [-0.2, 0) is 19.1 Å². The number of aliphatic hydroxyl groups is 1. The third-order valence-corrected chi connectivity index (χ3v) is 12.3. The molecule has 0 amide bonds. The first-order valence-electron chi connectivity index (χ1n) is 14.7. The topological polar surface area (TPSA) is 79.3 Å². The monoisotopic (exact) mass is 514 g/mol. The number of carbonyl (C=O) groups is 2. The van der Waals surface area contributed by atoms with Crippen LogP contribution in [0.2, 0.25) is 0 Å². The molecule has 206 valence electrons. The lowest BCUT2D eigenvalue weighted by Gasteiger charge is -2.64. The van der Waals surface area contributed by atoms with Crippen LogP contribution >= 0.6 is 0 Å². The average Bonchev–Trinajstić information content (AvgIpc) is 3.36. The van der Waals surface area contributed by atoms with Gasteiger partial charge in [-0.15, -0.1) is 0 Å². The largest absolute Gasteiger partial charge is 0.462 e. The fourth-order valence-electron chi connectivity index (χ4n) is 10.3. The van der Waals surface area contributed by atoms with Crippen LogP contribution in [-0.4, -0.2) is 84.4 Å². The Labute approximate surface area is 221 Å². The summed E-state index contributed by atoms with van der Waals surface area (Å²) >= 11 is 0. The first-order valence-corrected chi connectivity index (χ1v) is 14.7. The molecule has 7 nitrogen and oxygen atoms in total. The summed E-state index contributed by atoms with van der Waals surface area (Å²) in [4.78, 5) is 29.3. The van der Waals surface area contributed by atoms with Crippen molar-refractivity contribution in [2.75, 3.05) is 39.8 Å². The van der Waals surface area contributed by atoms with Gasteiger partial charge in [-0.2, -0.15) is 0 Å². The van der Waals surface area contributed by atoms with Gasteiger partial charge in [-0.1, -0.05) is 13.8 Å². The highest BCUT2D eigenvalue weighted by Gasteiger charge is 2.71. The van der Waals surface area contributed by atoms with E-state index in [4.69, 9.17) is 9.47 Å². The maximum absolute atomic E-state index is 12.7. The van der Waals surface area contributed by atoms with Gasteiger partial charge in [0, 0.05) is 63.0 Å². The van der Waals surface area contributed by atoms with Crippen LogP contribution in [0.25, 0.3) is 0 Å². The second-order valence-electron chi connectivity index (χ2n) is 13.8. The molecule has 7 heteroatoms. The Morgan fingerprint density at radius 1 is 1.08 bits per heavy atom. The number of carbonyl (C=O) groups excluding carboxylic acids is 2. The number of esters is 2. The van der Waals surface area contributed by atoms with E-state index in [0.717, 1.165) is 24.8 Å². The number of fused-ring (bicyclic) bond motifs is 5. The van der Waals surface area contributed by atoms with E-state index in [1.54, 1.807) is 6.08 Å². The van der Waals surface area contributed by atoms with Crippen molar-refractivity contribution in [2.45, 2.75) is 89.9 Å². The molecule has 1 N–H and O–H groups in total. The Morgan fingerprint density at radius 3 is 2.51 bits per heavy atom. The minimum absolute atomic E-state index is 0.174. The van der Waals surface area contributed by atoms with Crippen LogP contribution in [0.4, 0.5) is 0 Å². The van der Waals surface area contributed by atoms with E-state index in [9.17, 15) is 14.7 Å². The Bertz CT molecular complexity index is 975. The fourth-order valence-corrected chi connectivity index (χ4v) is 10.3. The van der Waals surface area contributed by atoms with E-state index in [1.807, 2.05) is 0 Å². The molecule has 4 aliphatic carbocycles. The molecule has 5 fully saturated rings. The molecule has 6 aliphatic rings. The number of likely N-dealkylation sites (N-methyl/N-ethyl adjacent to an activating group) is 1. The van der Waals surface area contributed by atoms with Crippen LogP contribution in [0, 0.1) is 34.5 Å². The molecule has 2 aliphatic heterocycles. The van der Waals surface area contributed by atoms with Gasteiger partial charge in [-0.05, 0) is 80.7 Å². The van der Waals surface area contributed by atoms with Gasteiger partial charge in [0.05, 0.1) is 5.60 Å². The zero-order valence-corrected chi connectivity index (χ0v) is 23.2. The number of cyclic esters (lactones) is 1. The van der Waals surface area contributed by atoms with E-state index >= 15 is 0 Å². The molecular formula is C30H46N2O5. The summed E-state index contributed by atoms with van der Waals surface area (Å²) < 4.78 is 11.2. The predicted molar refractivity (Wildman–Crippen MR) is 140 cm³/mol. The van der Waals surface area contributed by atoms with E-state index in [-0.39, 0.29) is 35.8 Å². The molecule has 9 atom stereocenters. The van der Waals surface area contributed by atoms with Gasteiger partial charge in [-0.3, -0.25) is 9.69 Å². The molecule has 0 aromatic rings. The number of hydrogen-bond acceptors (Lipinski definition) is 7. The molecule has 37 heavy (non-hydrogen) atoms. The summed E-state index contributed by atoms with van der Waals surface area (Å²) in [5.74, 6) is 0.590. The summed E-state index contributed by atoms with van der Waals surface area (Å²) in [7, 11) is 2.23. The number of rotatable bonds is 3. The first-order chi connectivity index (χ1) is 17.5. The lowest BCUT2D eigenvalue weighted by molar-refractivity contribution is -0.207. The van der Waals surface area contributed by atoms with Crippen LogP contribution < -0.4 is 0 Å². The Kier molecular flexibility index (Phi) is 6.32. The first kappa shape index (κ1) is 25.8. The number of piperazine rings is 1. The van der Waals surface area contributed by atoms with Crippen LogP contribution in [0.3, 0.4) is 0 Å². The fraction of sp³-hybridized carbons (Fsp3) is 0.867. The molecule has 0 bridgehead atoms. The van der Waals surface area contributed by atoms with Gasteiger partial charge in [0.2, 0.25) is 0 Å². The SMILES string of the molecule is CC(=O)O[C@H]1C[C@]2(O)[C@@H]3CC[C@@H]4C[C@@H](N5CCN(C)CC5)CC[C@]4(C)[C@H]3CC[C@]2(C)[C@H]1C1=CC(=O)OC1. The Balaban J connectivity index is 1.26. The maximum atomic E-state index is 12.7. The minimum Gasteiger partial charge on any atom is -0.462 e. The highest BCUT2D eigenvalue weighted by atomic mass is 16.5. The van der Waals surface area contributed by atoms with E-state index in [2.05, 4.69) is 30.7 Å². The van der Waals surface area contributed by atoms with Crippen molar-refractivity contribution >= 4 is 11.9 Å². The summed E-state index contributed by atoms with van der Waals surface area (Å²) in [5.41, 5.74) is -0.200. The van der Waals surface area contributed by atoms with Crippen LogP contribution in [0.5, 0.6) is 0 Å². The number of ether oxygens (including phenoxy) is 2. The lowest BCUT2D eigenvalue weighted by Crippen LogP contribution is -2.63. The Hall–Kier alpha value is -1.44. The smallest absolute Gasteiger partial charge is 0.331 e. The highest BCUT2D eigenvalue weighted by molar-refractivity contribution is 5.85. The van der Waals surface area contributed by atoms with Crippen molar-refractivity contribution < 1.29 is 24.2 Å². The van der Waals surface area contributed by atoms with E-state index in [0.29, 0.717) is 24.3 Å². The van der Waals surface area contributed by atoms with Crippen molar-refractivity contribution in [1.29, 1.82) is 0 Å². The minimum atomic E-state index is -0.907. The molecule has 0 spiro atoms. The third-order valence-electron chi connectivity index (χ3n) is 12.3. The van der Waals surface area contributed by atoms with Gasteiger partial charge in [-0.25, -0.2) is 4.79 Å². The molecule has 2 heterocycles.